The molecule has 12 heteroatoms. The Morgan fingerprint density at radius 1 is 1.34 bits per heavy atom. The molecule has 0 fully saturated rings. The summed E-state index contributed by atoms with van der Waals surface area (Å²) >= 11 is 6.09. The third kappa shape index (κ3) is 5.28. The van der Waals surface area contributed by atoms with Gasteiger partial charge in [-0.05, 0) is 11.6 Å². The highest BCUT2D eigenvalue weighted by Gasteiger charge is 2.33. The van der Waals surface area contributed by atoms with E-state index in [0.717, 1.165) is 6.07 Å². The smallest absolute Gasteiger partial charge is 0.384 e. The molecule has 0 saturated carbocycles. The summed E-state index contributed by atoms with van der Waals surface area (Å²) in [6.45, 7) is 1.59. The number of anilines is 1. The van der Waals surface area contributed by atoms with Crippen LogP contribution in [0.1, 0.15) is 24.5 Å². The number of nitrogens with one attached hydrogen (secondary N) is 4. The minimum atomic E-state index is -4.49. The van der Waals surface area contributed by atoms with Crippen LogP contribution in [0.2, 0.25) is 5.02 Å². The second-order valence-electron chi connectivity index (χ2n) is 7.09. The molecule has 0 spiro atoms. The van der Waals surface area contributed by atoms with Crippen LogP contribution >= 0.6 is 11.6 Å². The molecular weight excluding hydrogens is 449 g/mol. The van der Waals surface area contributed by atoms with Crippen molar-refractivity contribution < 1.29 is 18.0 Å². The van der Waals surface area contributed by atoms with Gasteiger partial charge in [-0.3, -0.25) is 15.0 Å². The molecule has 1 aromatic carbocycles. The number of carbonyl (C=O) groups excluding carboxylic acids is 1. The molecule has 0 bridgehead atoms. The van der Waals surface area contributed by atoms with Gasteiger partial charge in [0.25, 0.3) is 5.56 Å². The molecule has 4 N–H and O–H groups in total. The number of hydrogen-bond donors (Lipinski definition) is 4. The van der Waals surface area contributed by atoms with Crippen LogP contribution in [0.5, 0.6) is 0 Å². The third-order valence-corrected chi connectivity index (χ3v) is 5.25. The number of alkyl halides is 3. The lowest BCUT2D eigenvalue weighted by Crippen LogP contribution is -2.42. The summed E-state index contributed by atoms with van der Waals surface area (Å²) in [5.41, 5.74) is -0.0184. The predicted octanol–water partition coefficient (Wildman–Crippen LogP) is 2.81. The van der Waals surface area contributed by atoms with Crippen molar-refractivity contribution >= 4 is 29.0 Å². The molecule has 3 rings (SSSR count). The summed E-state index contributed by atoms with van der Waals surface area (Å²) in [5.74, 6) is -0.653. The Balaban J connectivity index is 1.90. The van der Waals surface area contributed by atoms with Gasteiger partial charge in [-0.1, -0.05) is 29.8 Å². The average molecular weight is 469 g/mol. The number of amides is 1. The summed E-state index contributed by atoms with van der Waals surface area (Å²) in [6, 6.07) is 5.23. The number of benzene rings is 1. The lowest BCUT2D eigenvalue weighted by molar-refractivity contribution is -0.138. The van der Waals surface area contributed by atoms with E-state index in [-0.39, 0.29) is 29.5 Å². The van der Waals surface area contributed by atoms with Crippen LogP contribution in [-0.2, 0) is 17.5 Å². The normalized spacial score (nSPS) is 14.3. The molecule has 1 aliphatic rings. The number of carbonyl (C=O) groups is 1. The monoisotopic (exact) mass is 468 g/mol. The second-order valence-corrected chi connectivity index (χ2v) is 7.47. The first-order valence-corrected chi connectivity index (χ1v) is 9.91. The standard InChI is InChI=1S/C20H20ClF3N6O2/c1-11(31)28-18(25)13-10-30(16-9-27-29-19(32)17(16)21)7-6-15(13)26-8-12-4-2-3-5-14(12)20(22,23)24/h2-5,9,26H,6-8,10H2,1H3,(H,29,32)(H2,25,28,31). The summed E-state index contributed by atoms with van der Waals surface area (Å²) in [5, 5.41) is 19.6. The van der Waals surface area contributed by atoms with Crippen molar-refractivity contribution in [1.82, 2.24) is 20.8 Å². The molecule has 0 atom stereocenters. The molecule has 32 heavy (non-hydrogen) atoms. The number of amidine groups is 1. The van der Waals surface area contributed by atoms with E-state index in [9.17, 15) is 22.8 Å². The first kappa shape index (κ1) is 23.3. The molecule has 170 valence electrons. The first-order chi connectivity index (χ1) is 15.1. The Morgan fingerprint density at radius 2 is 2.06 bits per heavy atom. The number of hydrogen-bond acceptors (Lipinski definition) is 6. The van der Waals surface area contributed by atoms with Gasteiger partial charge in [-0.25, -0.2) is 5.10 Å². The third-order valence-electron chi connectivity index (χ3n) is 4.88. The van der Waals surface area contributed by atoms with E-state index in [4.69, 9.17) is 17.0 Å². The minimum absolute atomic E-state index is 0.0576. The molecule has 1 amide bonds. The number of halogens is 4. The molecule has 8 nitrogen and oxygen atoms in total. The maximum absolute atomic E-state index is 13.3. The minimum Gasteiger partial charge on any atom is -0.384 e. The molecular formula is C20H20ClF3N6O2. The Morgan fingerprint density at radius 3 is 2.75 bits per heavy atom. The summed E-state index contributed by atoms with van der Waals surface area (Å²) in [7, 11) is 0. The van der Waals surface area contributed by atoms with Gasteiger partial charge in [0.05, 0.1) is 17.4 Å². The Hall–Kier alpha value is -3.34. The Kier molecular flexibility index (Phi) is 6.87. The molecule has 0 aliphatic carbocycles. The van der Waals surface area contributed by atoms with E-state index >= 15 is 0 Å². The van der Waals surface area contributed by atoms with Gasteiger partial charge in [0.15, 0.2) is 0 Å². The van der Waals surface area contributed by atoms with Crippen molar-refractivity contribution in [1.29, 1.82) is 5.41 Å². The van der Waals surface area contributed by atoms with Gasteiger partial charge in [0.1, 0.15) is 10.9 Å². The molecule has 0 saturated heterocycles. The van der Waals surface area contributed by atoms with Crippen LogP contribution in [-0.4, -0.2) is 35.0 Å². The zero-order chi connectivity index (χ0) is 23.5. The van der Waals surface area contributed by atoms with Crippen molar-refractivity contribution in [2.24, 2.45) is 0 Å². The lowest BCUT2D eigenvalue weighted by Gasteiger charge is -2.33. The van der Waals surface area contributed by atoms with Crippen molar-refractivity contribution in [3.63, 3.8) is 0 Å². The molecule has 0 radical (unpaired) electrons. The van der Waals surface area contributed by atoms with E-state index in [1.54, 1.807) is 4.90 Å². The highest BCUT2D eigenvalue weighted by atomic mass is 35.5. The van der Waals surface area contributed by atoms with E-state index in [1.165, 1.54) is 31.3 Å². The van der Waals surface area contributed by atoms with Crippen molar-refractivity contribution in [2.45, 2.75) is 26.1 Å². The largest absolute Gasteiger partial charge is 0.416 e. The zero-order valence-corrected chi connectivity index (χ0v) is 17.7. The molecule has 2 aromatic rings. The van der Waals surface area contributed by atoms with E-state index in [0.29, 0.717) is 29.9 Å². The van der Waals surface area contributed by atoms with E-state index < -0.39 is 23.2 Å². The fourth-order valence-corrected chi connectivity index (χ4v) is 3.60. The van der Waals surface area contributed by atoms with Crippen LogP contribution in [0.15, 0.2) is 46.5 Å². The summed E-state index contributed by atoms with van der Waals surface area (Å²) < 4.78 is 39.9. The van der Waals surface area contributed by atoms with Gasteiger partial charge in [-0.15, -0.1) is 0 Å². The van der Waals surface area contributed by atoms with Crippen LogP contribution in [0.3, 0.4) is 0 Å². The second kappa shape index (κ2) is 9.43. The highest BCUT2D eigenvalue weighted by Crippen LogP contribution is 2.32. The molecule has 0 unspecified atom stereocenters. The lowest BCUT2D eigenvalue weighted by atomic mass is 10.0. The van der Waals surface area contributed by atoms with Crippen molar-refractivity contribution in [3.05, 3.63) is 68.2 Å². The number of aromatic nitrogens is 2. The topological polar surface area (TPSA) is 114 Å². The zero-order valence-electron chi connectivity index (χ0n) is 16.9. The number of nitrogens with zero attached hydrogens (tertiary/aromatic N) is 2. The van der Waals surface area contributed by atoms with Gasteiger partial charge < -0.3 is 15.5 Å². The van der Waals surface area contributed by atoms with Crippen molar-refractivity contribution in [3.8, 4) is 0 Å². The van der Waals surface area contributed by atoms with E-state index in [1.807, 2.05) is 0 Å². The van der Waals surface area contributed by atoms with Gasteiger partial charge >= 0.3 is 6.18 Å². The first-order valence-electron chi connectivity index (χ1n) is 9.53. The maximum atomic E-state index is 13.3. The Labute approximate surface area is 186 Å². The van der Waals surface area contributed by atoms with Gasteiger partial charge in [0.2, 0.25) is 5.91 Å². The number of aromatic amines is 1. The van der Waals surface area contributed by atoms with E-state index in [2.05, 4.69) is 20.8 Å². The number of rotatable bonds is 5. The SMILES string of the molecule is CC(=O)NC(=N)C1=C(NCc2ccccc2C(F)(F)F)CCN(c2cn[nH]c(=O)c2Cl)C1. The Bertz CT molecular complexity index is 1130. The van der Waals surface area contributed by atoms with Gasteiger partial charge in [0, 0.05) is 44.2 Å². The average Bonchev–Trinajstić information content (AvgIpc) is 2.73. The number of H-pyrrole nitrogens is 1. The fourth-order valence-electron chi connectivity index (χ4n) is 3.39. The van der Waals surface area contributed by atoms with Crippen LogP contribution < -0.4 is 21.1 Å². The highest BCUT2D eigenvalue weighted by molar-refractivity contribution is 6.33. The molecule has 1 aromatic heterocycles. The molecule has 2 heterocycles. The maximum Gasteiger partial charge on any atom is 0.416 e. The van der Waals surface area contributed by atoms with Crippen LogP contribution in [0.25, 0.3) is 0 Å². The quantitative estimate of drug-likeness (QED) is 0.398. The molecule has 1 aliphatic heterocycles. The summed E-state index contributed by atoms with van der Waals surface area (Å²) in [4.78, 5) is 25.0. The predicted molar refractivity (Wildman–Crippen MR) is 114 cm³/mol. The summed E-state index contributed by atoms with van der Waals surface area (Å²) in [6.07, 6.45) is -2.80. The van der Waals surface area contributed by atoms with Crippen LogP contribution in [0.4, 0.5) is 18.9 Å². The van der Waals surface area contributed by atoms with Crippen molar-refractivity contribution in [2.75, 3.05) is 18.0 Å². The van der Waals surface area contributed by atoms with Gasteiger partial charge in [-0.2, -0.15) is 18.3 Å². The van der Waals surface area contributed by atoms with Crippen LogP contribution in [0, 0.1) is 5.41 Å². The fraction of sp³-hybridized carbons (Fsp3) is 0.300.